The van der Waals surface area contributed by atoms with Crippen LogP contribution < -0.4 is 15.8 Å². The van der Waals surface area contributed by atoms with Gasteiger partial charge in [-0.05, 0) is 57.4 Å². The SMILES string of the molecule is C=C/C(NC(=O)c1nc(-c2c(F)ccc(OCC)c2F)c(F)cc1N)=C(\C=C/C)N1CCCCC1.CC. The Morgan fingerprint density at radius 3 is 2.46 bits per heavy atom. The fourth-order valence-electron chi connectivity index (χ4n) is 3.94. The molecule has 37 heavy (non-hydrogen) atoms. The number of carbonyl (C=O) groups excluding carboxylic acids is 1. The maximum atomic E-state index is 14.9. The van der Waals surface area contributed by atoms with Crippen LogP contribution in [0.3, 0.4) is 0 Å². The van der Waals surface area contributed by atoms with Gasteiger partial charge in [-0.1, -0.05) is 26.5 Å². The van der Waals surface area contributed by atoms with Gasteiger partial charge in [0.05, 0.1) is 29.3 Å². The molecule has 2 heterocycles. The Balaban J connectivity index is 0.00000235. The maximum absolute atomic E-state index is 14.9. The van der Waals surface area contributed by atoms with Crippen LogP contribution in [0.25, 0.3) is 11.3 Å². The number of hydrogen-bond acceptors (Lipinski definition) is 5. The Kier molecular flexibility index (Phi) is 11.2. The first kappa shape index (κ1) is 29.5. The molecule has 1 amide bonds. The van der Waals surface area contributed by atoms with Crippen molar-refractivity contribution in [2.45, 2.75) is 47.0 Å². The van der Waals surface area contributed by atoms with E-state index in [2.05, 4.69) is 21.8 Å². The van der Waals surface area contributed by atoms with Gasteiger partial charge < -0.3 is 20.7 Å². The van der Waals surface area contributed by atoms with Crippen molar-refractivity contribution in [1.82, 2.24) is 15.2 Å². The minimum absolute atomic E-state index is 0.121. The smallest absolute Gasteiger partial charge is 0.276 e. The number of halogens is 3. The molecule has 0 aliphatic carbocycles. The lowest BCUT2D eigenvalue weighted by Gasteiger charge is -2.31. The third-order valence-corrected chi connectivity index (χ3v) is 5.56. The highest BCUT2D eigenvalue weighted by atomic mass is 19.1. The third-order valence-electron chi connectivity index (χ3n) is 5.56. The summed E-state index contributed by atoms with van der Waals surface area (Å²) in [5, 5.41) is 2.72. The average Bonchev–Trinajstić information content (AvgIpc) is 2.90. The number of nitrogen functional groups attached to an aromatic ring is 1. The van der Waals surface area contributed by atoms with Gasteiger partial charge in [-0.3, -0.25) is 4.79 Å². The van der Waals surface area contributed by atoms with Crippen molar-refractivity contribution < 1.29 is 22.7 Å². The molecule has 1 saturated heterocycles. The number of carbonyl (C=O) groups is 1. The normalized spacial score (nSPS) is 14.0. The number of nitrogens with one attached hydrogen (secondary N) is 1. The van der Waals surface area contributed by atoms with Crippen LogP contribution in [0, 0.1) is 17.5 Å². The summed E-state index contributed by atoms with van der Waals surface area (Å²) in [6, 6.07) is 2.87. The van der Waals surface area contributed by atoms with Gasteiger partial charge >= 0.3 is 0 Å². The number of nitrogens with two attached hydrogens (primary N) is 1. The topological polar surface area (TPSA) is 80.5 Å². The molecule has 0 radical (unpaired) electrons. The number of anilines is 1. The van der Waals surface area contributed by atoms with Crippen molar-refractivity contribution in [3.05, 3.63) is 77.5 Å². The van der Waals surface area contributed by atoms with Crippen LogP contribution in [0.1, 0.15) is 57.4 Å². The Hall–Kier alpha value is -3.75. The van der Waals surface area contributed by atoms with Gasteiger partial charge in [0.25, 0.3) is 5.91 Å². The average molecular weight is 517 g/mol. The van der Waals surface area contributed by atoms with Gasteiger partial charge in [-0.25, -0.2) is 18.2 Å². The number of allylic oxidation sites excluding steroid dienone is 3. The molecule has 0 unspecified atom stereocenters. The van der Waals surface area contributed by atoms with E-state index in [-0.39, 0.29) is 23.7 Å². The molecule has 2 aromatic rings. The highest BCUT2D eigenvalue weighted by Gasteiger charge is 2.25. The number of amides is 1. The number of pyridine rings is 1. The monoisotopic (exact) mass is 516 g/mol. The summed E-state index contributed by atoms with van der Waals surface area (Å²) in [5.41, 5.74) is 4.97. The minimum Gasteiger partial charge on any atom is -0.491 e. The molecule has 1 fully saturated rings. The van der Waals surface area contributed by atoms with E-state index in [9.17, 15) is 18.0 Å². The lowest BCUT2D eigenvalue weighted by Crippen LogP contribution is -2.33. The van der Waals surface area contributed by atoms with Crippen molar-refractivity contribution in [3.63, 3.8) is 0 Å². The number of ether oxygens (including phenoxy) is 1. The number of benzene rings is 1. The lowest BCUT2D eigenvalue weighted by atomic mass is 10.1. The summed E-state index contributed by atoms with van der Waals surface area (Å²) in [6.45, 7) is 13.1. The van der Waals surface area contributed by atoms with E-state index in [1.54, 1.807) is 6.92 Å². The molecule has 1 aromatic heterocycles. The lowest BCUT2D eigenvalue weighted by molar-refractivity contribution is 0.0961. The van der Waals surface area contributed by atoms with Crippen LogP contribution in [-0.2, 0) is 0 Å². The molecule has 1 aromatic carbocycles. The molecule has 6 nitrogen and oxygen atoms in total. The predicted molar refractivity (Wildman–Crippen MR) is 141 cm³/mol. The third kappa shape index (κ3) is 6.93. The molecular formula is C28H35F3N4O2. The van der Waals surface area contributed by atoms with Crippen molar-refractivity contribution in [3.8, 4) is 17.0 Å². The molecule has 3 N–H and O–H groups in total. The zero-order valence-corrected chi connectivity index (χ0v) is 21.8. The fraction of sp³-hybridized carbons (Fsp3) is 0.357. The van der Waals surface area contributed by atoms with Crippen molar-refractivity contribution >= 4 is 11.6 Å². The first-order valence-electron chi connectivity index (χ1n) is 12.4. The molecule has 0 bridgehead atoms. The van der Waals surface area contributed by atoms with E-state index >= 15 is 0 Å². The van der Waals surface area contributed by atoms with Crippen LogP contribution >= 0.6 is 0 Å². The van der Waals surface area contributed by atoms with Crippen LogP contribution in [0.5, 0.6) is 5.75 Å². The minimum atomic E-state index is -1.12. The molecule has 3 rings (SSSR count). The Labute approximate surface area is 216 Å². The van der Waals surface area contributed by atoms with Crippen LogP contribution in [0.2, 0.25) is 0 Å². The number of rotatable bonds is 8. The van der Waals surface area contributed by atoms with E-state index < -0.39 is 34.6 Å². The molecule has 0 spiro atoms. The van der Waals surface area contributed by atoms with Crippen molar-refractivity contribution in [2.24, 2.45) is 0 Å². The zero-order valence-electron chi connectivity index (χ0n) is 21.8. The molecule has 0 atom stereocenters. The maximum Gasteiger partial charge on any atom is 0.276 e. The summed E-state index contributed by atoms with van der Waals surface area (Å²) in [6.07, 6.45) is 8.37. The van der Waals surface area contributed by atoms with Gasteiger partial charge in [0.1, 0.15) is 11.5 Å². The first-order chi connectivity index (χ1) is 17.8. The van der Waals surface area contributed by atoms with Crippen molar-refractivity contribution in [1.29, 1.82) is 0 Å². The highest BCUT2D eigenvalue weighted by molar-refractivity contribution is 5.99. The van der Waals surface area contributed by atoms with Gasteiger partial charge in [-0.2, -0.15) is 0 Å². The van der Waals surface area contributed by atoms with Gasteiger partial charge in [0.2, 0.25) is 0 Å². The standard InChI is InChI=1S/C26H29F3N4O2.C2H6/c1-4-10-20(33-13-8-7-9-14-33)19(5-2)31-26(34)25-18(30)15-17(28)24(32-25)22-16(27)11-12-21(23(22)29)35-6-3;1-2/h4-5,10-12,15H,2,6-9,13-14,30H2,1,3H3,(H,31,34);1-2H3/b10-4-,20-19-;. The summed E-state index contributed by atoms with van der Waals surface area (Å²) in [4.78, 5) is 19.2. The molecule has 200 valence electrons. The van der Waals surface area contributed by atoms with E-state index in [1.807, 2.05) is 32.9 Å². The number of hydrogen-bond donors (Lipinski definition) is 2. The van der Waals surface area contributed by atoms with Crippen LogP contribution in [0.15, 0.2) is 54.4 Å². The second-order valence-corrected chi connectivity index (χ2v) is 7.93. The number of piperidine rings is 1. The predicted octanol–water partition coefficient (Wildman–Crippen LogP) is 6.36. The quantitative estimate of drug-likeness (QED) is 0.399. The van der Waals surface area contributed by atoms with Gasteiger partial charge in [-0.15, -0.1) is 0 Å². The Bertz CT molecular complexity index is 1170. The number of nitrogens with zero attached hydrogens (tertiary/aromatic N) is 2. The van der Waals surface area contributed by atoms with Crippen molar-refractivity contribution in [2.75, 3.05) is 25.4 Å². The highest BCUT2D eigenvalue weighted by Crippen LogP contribution is 2.33. The zero-order chi connectivity index (χ0) is 27.5. The molecule has 9 heteroatoms. The van der Waals surface area contributed by atoms with Gasteiger partial charge in [0, 0.05) is 19.2 Å². The molecule has 1 aliphatic rings. The fourth-order valence-corrected chi connectivity index (χ4v) is 3.94. The van der Waals surface area contributed by atoms with Crippen LogP contribution in [-0.4, -0.2) is 35.5 Å². The van der Waals surface area contributed by atoms with E-state index in [1.165, 1.54) is 6.08 Å². The molecule has 1 aliphatic heterocycles. The Morgan fingerprint density at radius 1 is 1.19 bits per heavy atom. The van der Waals surface area contributed by atoms with E-state index in [0.29, 0.717) is 5.70 Å². The van der Waals surface area contributed by atoms with E-state index in [0.717, 1.165) is 56.2 Å². The first-order valence-corrected chi connectivity index (χ1v) is 12.4. The Morgan fingerprint density at radius 2 is 1.86 bits per heavy atom. The summed E-state index contributed by atoms with van der Waals surface area (Å²) < 4.78 is 49.4. The second kappa shape index (κ2) is 14.1. The molecule has 0 saturated carbocycles. The number of likely N-dealkylation sites (tertiary alicyclic amines) is 1. The molecular weight excluding hydrogens is 481 g/mol. The van der Waals surface area contributed by atoms with Gasteiger partial charge in [0.15, 0.2) is 23.1 Å². The van der Waals surface area contributed by atoms with Crippen LogP contribution in [0.4, 0.5) is 18.9 Å². The summed E-state index contributed by atoms with van der Waals surface area (Å²) >= 11 is 0. The van der Waals surface area contributed by atoms with E-state index in [4.69, 9.17) is 10.5 Å². The summed E-state index contributed by atoms with van der Waals surface area (Å²) in [7, 11) is 0. The largest absolute Gasteiger partial charge is 0.491 e. The summed E-state index contributed by atoms with van der Waals surface area (Å²) in [5.74, 6) is -4.28. The number of aromatic nitrogens is 1. The second-order valence-electron chi connectivity index (χ2n) is 7.93.